The molecule has 0 saturated heterocycles. The second kappa shape index (κ2) is 5.61. The number of non-ortho nitro benzene ring substituents is 1. The van der Waals surface area contributed by atoms with E-state index in [1.807, 2.05) is 0 Å². The summed E-state index contributed by atoms with van der Waals surface area (Å²) in [5.74, 6) is -0.465. The number of benzene rings is 1. The van der Waals surface area contributed by atoms with E-state index in [9.17, 15) is 14.9 Å². The van der Waals surface area contributed by atoms with Crippen LogP contribution in [0.2, 0.25) is 0 Å². The Bertz CT molecular complexity index is 695. The van der Waals surface area contributed by atoms with Crippen LogP contribution in [0, 0.1) is 10.1 Å². The number of aryl methyl sites for hydroxylation is 1. The molecule has 1 heterocycles. The first-order chi connectivity index (χ1) is 9.88. The van der Waals surface area contributed by atoms with Gasteiger partial charge in [0.25, 0.3) is 11.6 Å². The molecule has 2 aromatic rings. The predicted molar refractivity (Wildman–Crippen MR) is 76.6 cm³/mol. The highest BCUT2D eigenvalue weighted by Gasteiger charge is 2.18. The third kappa shape index (κ3) is 3.16. The quantitative estimate of drug-likeness (QED) is 0.501. The zero-order chi connectivity index (χ0) is 15.6. The molecule has 0 spiro atoms. The van der Waals surface area contributed by atoms with Gasteiger partial charge >= 0.3 is 0 Å². The maximum Gasteiger partial charge on any atom is 0.270 e. The van der Waals surface area contributed by atoms with E-state index in [-0.39, 0.29) is 23.0 Å². The second-order valence-corrected chi connectivity index (χ2v) is 4.67. The van der Waals surface area contributed by atoms with Gasteiger partial charge in [-0.2, -0.15) is 5.10 Å². The molecule has 0 fully saturated rings. The average molecular weight is 289 g/mol. The number of carbonyl (C=O) groups is 1. The highest BCUT2D eigenvalue weighted by Crippen LogP contribution is 2.20. The molecule has 0 radical (unpaired) electrons. The summed E-state index contributed by atoms with van der Waals surface area (Å²) in [4.78, 5) is 22.4. The molecule has 110 valence electrons. The van der Waals surface area contributed by atoms with Gasteiger partial charge in [0.2, 0.25) is 0 Å². The minimum Gasteiger partial charge on any atom is -0.398 e. The Hall–Kier alpha value is -2.90. The summed E-state index contributed by atoms with van der Waals surface area (Å²) in [6.45, 7) is 1.79. The minimum absolute atomic E-state index is 0.0833. The van der Waals surface area contributed by atoms with Crippen LogP contribution in [0.3, 0.4) is 0 Å². The molecule has 2 rings (SSSR count). The summed E-state index contributed by atoms with van der Waals surface area (Å²) in [5, 5.41) is 17.5. The minimum atomic E-state index is -0.569. The smallest absolute Gasteiger partial charge is 0.270 e. The van der Waals surface area contributed by atoms with E-state index in [4.69, 9.17) is 5.73 Å². The van der Waals surface area contributed by atoms with Gasteiger partial charge in [0.05, 0.1) is 22.7 Å². The van der Waals surface area contributed by atoms with Crippen molar-refractivity contribution in [1.29, 1.82) is 0 Å². The highest BCUT2D eigenvalue weighted by atomic mass is 16.6. The normalized spacial score (nSPS) is 11.9. The van der Waals surface area contributed by atoms with E-state index >= 15 is 0 Å². The summed E-state index contributed by atoms with van der Waals surface area (Å²) in [6, 6.07) is 3.49. The largest absolute Gasteiger partial charge is 0.398 e. The van der Waals surface area contributed by atoms with Crippen LogP contribution in [-0.2, 0) is 7.05 Å². The molecule has 0 aliphatic heterocycles. The highest BCUT2D eigenvalue weighted by molar-refractivity contribution is 6.00. The molecule has 3 N–H and O–H groups in total. The molecule has 1 aromatic carbocycles. The summed E-state index contributed by atoms with van der Waals surface area (Å²) in [7, 11) is 1.77. The Morgan fingerprint density at radius 1 is 1.52 bits per heavy atom. The van der Waals surface area contributed by atoms with Gasteiger partial charge in [0.1, 0.15) is 0 Å². The molecular formula is C13H15N5O3. The van der Waals surface area contributed by atoms with Gasteiger partial charge in [-0.05, 0) is 13.0 Å². The Morgan fingerprint density at radius 3 is 2.81 bits per heavy atom. The van der Waals surface area contributed by atoms with Crippen molar-refractivity contribution in [3.63, 3.8) is 0 Å². The first kappa shape index (κ1) is 14.5. The first-order valence-corrected chi connectivity index (χ1v) is 6.22. The number of nitrogens with zero attached hydrogens (tertiary/aromatic N) is 3. The Morgan fingerprint density at radius 2 is 2.24 bits per heavy atom. The number of nitro benzene ring substituents is 1. The van der Waals surface area contributed by atoms with Crippen LogP contribution < -0.4 is 11.1 Å². The van der Waals surface area contributed by atoms with Crippen molar-refractivity contribution in [3.8, 4) is 0 Å². The number of amides is 1. The maximum absolute atomic E-state index is 12.2. The summed E-state index contributed by atoms with van der Waals surface area (Å²) >= 11 is 0. The zero-order valence-electron chi connectivity index (χ0n) is 11.6. The fraction of sp³-hybridized carbons (Fsp3) is 0.231. The van der Waals surface area contributed by atoms with E-state index in [1.165, 1.54) is 18.2 Å². The molecule has 1 unspecified atom stereocenters. The van der Waals surface area contributed by atoms with Crippen LogP contribution in [0.1, 0.15) is 28.9 Å². The van der Waals surface area contributed by atoms with Crippen LogP contribution in [0.5, 0.6) is 0 Å². The maximum atomic E-state index is 12.2. The predicted octanol–water partition coefficient (Wildman–Crippen LogP) is 1.40. The number of nitrogen functional groups attached to an aromatic ring is 1. The second-order valence-electron chi connectivity index (χ2n) is 4.67. The van der Waals surface area contributed by atoms with Gasteiger partial charge in [-0.25, -0.2) is 0 Å². The Labute approximate surface area is 120 Å². The van der Waals surface area contributed by atoms with Crippen molar-refractivity contribution in [2.45, 2.75) is 13.0 Å². The van der Waals surface area contributed by atoms with E-state index in [2.05, 4.69) is 10.4 Å². The lowest BCUT2D eigenvalue weighted by molar-refractivity contribution is -0.384. The number of nitrogens with two attached hydrogens (primary N) is 1. The average Bonchev–Trinajstić information content (AvgIpc) is 2.85. The molecule has 8 nitrogen and oxygen atoms in total. The topological polar surface area (TPSA) is 116 Å². The van der Waals surface area contributed by atoms with Crippen LogP contribution in [0.25, 0.3) is 0 Å². The summed E-state index contributed by atoms with van der Waals surface area (Å²) in [5.41, 5.74) is 6.63. The van der Waals surface area contributed by atoms with E-state index in [0.717, 1.165) is 5.56 Å². The zero-order valence-corrected chi connectivity index (χ0v) is 11.6. The van der Waals surface area contributed by atoms with Crippen molar-refractivity contribution < 1.29 is 9.72 Å². The fourth-order valence-corrected chi connectivity index (χ4v) is 1.88. The molecule has 21 heavy (non-hydrogen) atoms. The monoisotopic (exact) mass is 289 g/mol. The number of nitro groups is 1. The van der Waals surface area contributed by atoms with E-state index in [1.54, 1.807) is 31.0 Å². The van der Waals surface area contributed by atoms with Crippen LogP contribution in [0.15, 0.2) is 30.6 Å². The Balaban J connectivity index is 2.20. The van der Waals surface area contributed by atoms with Gasteiger partial charge in [0.15, 0.2) is 0 Å². The lowest BCUT2D eigenvalue weighted by atomic mass is 10.1. The van der Waals surface area contributed by atoms with Crippen LogP contribution in [0.4, 0.5) is 11.4 Å². The number of anilines is 1. The molecule has 1 amide bonds. The standard InChI is InChI=1S/C13H15N5O3/c1-8(9-6-15-17(2)7-9)16-13(19)11-5-10(18(20)21)3-4-12(11)14/h3-8H,14H2,1-2H3,(H,16,19). The number of hydrogen-bond acceptors (Lipinski definition) is 5. The summed E-state index contributed by atoms with van der Waals surface area (Å²) in [6.07, 6.45) is 3.42. The van der Waals surface area contributed by atoms with Crippen molar-refractivity contribution in [2.24, 2.45) is 7.05 Å². The Kier molecular flexibility index (Phi) is 3.88. The van der Waals surface area contributed by atoms with Gasteiger partial charge in [0, 0.05) is 36.6 Å². The molecule has 0 aliphatic rings. The van der Waals surface area contributed by atoms with E-state index in [0.29, 0.717) is 0 Å². The number of hydrogen-bond donors (Lipinski definition) is 2. The fourth-order valence-electron chi connectivity index (χ4n) is 1.88. The molecule has 1 aromatic heterocycles. The molecule has 0 bridgehead atoms. The van der Waals surface area contributed by atoms with Gasteiger partial charge in [-0.15, -0.1) is 0 Å². The molecule has 8 heteroatoms. The number of aromatic nitrogens is 2. The SMILES string of the molecule is CC(NC(=O)c1cc([N+](=O)[O-])ccc1N)c1cnn(C)c1. The molecule has 0 saturated carbocycles. The van der Waals surface area contributed by atoms with Crippen molar-refractivity contribution >= 4 is 17.3 Å². The lowest BCUT2D eigenvalue weighted by Crippen LogP contribution is -2.27. The van der Waals surface area contributed by atoms with E-state index < -0.39 is 10.8 Å². The van der Waals surface area contributed by atoms with Crippen molar-refractivity contribution in [3.05, 3.63) is 51.8 Å². The third-order valence-electron chi connectivity index (χ3n) is 3.06. The lowest BCUT2D eigenvalue weighted by Gasteiger charge is -2.13. The van der Waals surface area contributed by atoms with Crippen molar-refractivity contribution in [1.82, 2.24) is 15.1 Å². The first-order valence-electron chi connectivity index (χ1n) is 6.22. The van der Waals surface area contributed by atoms with Gasteiger partial charge < -0.3 is 11.1 Å². The number of nitrogens with one attached hydrogen (secondary N) is 1. The van der Waals surface area contributed by atoms with Crippen LogP contribution in [-0.4, -0.2) is 20.6 Å². The third-order valence-corrected chi connectivity index (χ3v) is 3.06. The summed E-state index contributed by atoms with van der Waals surface area (Å²) < 4.78 is 1.62. The number of rotatable bonds is 4. The van der Waals surface area contributed by atoms with Crippen LogP contribution >= 0.6 is 0 Å². The number of carbonyl (C=O) groups excluding carboxylic acids is 1. The molecule has 1 atom stereocenters. The van der Waals surface area contributed by atoms with Crippen molar-refractivity contribution in [2.75, 3.05) is 5.73 Å². The van der Waals surface area contributed by atoms with Gasteiger partial charge in [-0.3, -0.25) is 19.6 Å². The molecule has 0 aliphatic carbocycles. The van der Waals surface area contributed by atoms with Gasteiger partial charge in [-0.1, -0.05) is 0 Å². The molecular weight excluding hydrogens is 274 g/mol.